The van der Waals surface area contributed by atoms with Gasteiger partial charge in [0.15, 0.2) is 0 Å². The Morgan fingerprint density at radius 2 is 2.19 bits per heavy atom. The van der Waals surface area contributed by atoms with Crippen LogP contribution in [-0.4, -0.2) is 33.8 Å². The van der Waals surface area contributed by atoms with E-state index in [1.807, 2.05) is 19.1 Å². The van der Waals surface area contributed by atoms with Crippen molar-refractivity contribution in [3.63, 3.8) is 0 Å². The quantitative estimate of drug-likeness (QED) is 0.681. The number of hydrogen-bond donors (Lipinski definition) is 2. The fourth-order valence-corrected chi connectivity index (χ4v) is 1.83. The van der Waals surface area contributed by atoms with Crippen LogP contribution in [0.3, 0.4) is 0 Å². The van der Waals surface area contributed by atoms with Crippen molar-refractivity contribution in [2.24, 2.45) is 0 Å². The number of furan rings is 1. The Morgan fingerprint density at radius 1 is 1.44 bits per heavy atom. The monoisotopic (exact) mass is 246 g/mol. The fraction of sp³-hybridized carbons (Fsp3) is 0.600. The minimum absolute atomic E-state index is 0.257. The first-order valence-electron chi connectivity index (χ1n) is 5.18. The molecule has 1 aromatic heterocycles. The van der Waals surface area contributed by atoms with Crippen molar-refractivity contribution in [1.82, 2.24) is 10.0 Å². The van der Waals surface area contributed by atoms with E-state index in [2.05, 4.69) is 10.0 Å². The number of nitrogens with one attached hydrogen (secondary N) is 2. The number of rotatable bonds is 7. The van der Waals surface area contributed by atoms with Crippen molar-refractivity contribution in [2.75, 3.05) is 19.3 Å². The molecule has 0 saturated heterocycles. The summed E-state index contributed by atoms with van der Waals surface area (Å²) in [4.78, 5) is 0. The Morgan fingerprint density at radius 3 is 2.75 bits per heavy atom. The van der Waals surface area contributed by atoms with Gasteiger partial charge in [-0.2, -0.15) is 0 Å². The van der Waals surface area contributed by atoms with Gasteiger partial charge < -0.3 is 9.73 Å². The molecule has 2 N–H and O–H groups in total. The molecule has 0 aliphatic carbocycles. The Hall–Kier alpha value is -0.850. The van der Waals surface area contributed by atoms with Crippen LogP contribution >= 0.6 is 0 Å². The van der Waals surface area contributed by atoms with Gasteiger partial charge in [-0.05, 0) is 19.1 Å². The average molecular weight is 246 g/mol. The lowest BCUT2D eigenvalue weighted by Crippen LogP contribution is -2.36. The highest BCUT2D eigenvalue weighted by molar-refractivity contribution is 7.88. The van der Waals surface area contributed by atoms with E-state index in [9.17, 15) is 8.42 Å². The highest BCUT2D eigenvalue weighted by Gasteiger charge is 2.05. The van der Waals surface area contributed by atoms with E-state index in [1.54, 1.807) is 6.26 Å². The van der Waals surface area contributed by atoms with Gasteiger partial charge in [0.2, 0.25) is 10.0 Å². The van der Waals surface area contributed by atoms with Gasteiger partial charge >= 0.3 is 0 Å². The molecule has 16 heavy (non-hydrogen) atoms. The van der Waals surface area contributed by atoms with Gasteiger partial charge in [0.05, 0.1) is 12.5 Å². The predicted molar refractivity (Wildman–Crippen MR) is 62.7 cm³/mol. The Balaban J connectivity index is 2.14. The maximum Gasteiger partial charge on any atom is 0.208 e. The largest absolute Gasteiger partial charge is 0.469 e. The standard InChI is InChI=1S/C10H18N2O3S/c1-9(8-10-4-3-7-15-10)11-5-6-12-16(2,13)14/h3-4,7,9,11-12H,5-6,8H2,1-2H3. The number of hydrogen-bond acceptors (Lipinski definition) is 4. The van der Waals surface area contributed by atoms with Crippen molar-refractivity contribution < 1.29 is 12.8 Å². The zero-order chi connectivity index (χ0) is 12.0. The molecule has 1 atom stereocenters. The van der Waals surface area contributed by atoms with Crippen LogP contribution in [0.1, 0.15) is 12.7 Å². The zero-order valence-corrected chi connectivity index (χ0v) is 10.4. The zero-order valence-electron chi connectivity index (χ0n) is 9.56. The van der Waals surface area contributed by atoms with Crippen molar-refractivity contribution in [1.29, 1.82) is 0 Å². The highest BCUT2D eigenvalue weighted by Crippen LogP contribution is 2.03. The first-order valence-corrected chi connectivity index (χ1v) is 7.07. The van der Waals surface area contributed by atoms with Crippen LogP contribution < -0.4 is 10.0 Å². The van der Waals surface area contributed by atoms with Crippen LogP contribution in [0.5, 0.6) is 0 Å². The summed E-state index contributed by atoms with van der Waals surface area (Å²) in [6.45, 7) is 3.04. The summed E-state index contributed by atoms with van der Waals surface area (Å²) >= 11 is 0. The van der Waals surface area contributed by atoms with Gasteiger partial charge in [-0.25, -0.2) is 13.1 Å². The first kappa shape index (κ1) is 13.2. The van der Waals surface area contributed by atoms with Gasteiger partial charge in [0.1, 0.15) is 5.76 Å². The molecule has 92 valence electrons. The molecule has 0 aromatic carbocycles. The molecule has 0 amide bonds. The lowest BCUT2D eigenvalue weighted by molar-refractivity contribution is 0.457. The summed E-state index contributed by atoms with van der Waals surface area (Å²) in [5.41, 5.74) is 0. The summed E-state index contributed by atoms with van der Waals surface area (Å²) in [6.07, 6.45) is 3.60. The van der Waals surface area contributed by atoms with Gasteiger partial charge in [-0.15, -0.1) is 0 Å². The Bertz CT molecular complexity index is 386. The van der Waals surface area contributed by atoms with Crippen LogP contribution in [0.2, 0.25) is 0 Å². The smallest absolute Gasteiger partial charge is 0.208 e. The molecule has 0 spiro atoms. The van der Waals surface area contributed by atoms with E-state index in [4.69, 9.17) is 4.42 Å². The summed E-state index contributed by atoms with van der Waals surface area (Å²) in [7, 11) is -3.08. The molecule has 5 nitrogen and oxygen atoms in total. The SMILES string of the molecule is CC(Cc1ccco1)NCCNS(C)(=O)=O. The normalized spacial score (nSPS) is 13.9. The first-order chi connectivity index (χ1) is 7.47. The summed E-state index contributed by atoms with van der Waals surface area (Å²) < 4.78 is 29.2. The maximum atomic E-state index is 10.8. The van der Waals surface area contributed by atoms with Gasteiger partial charge in [-0.3, -0.25) is 0 Å². The average Bonchev–Trinajstić information content (AvgIpc) is 2.63. The van der Waals surface area contributed by atoms with Crippen LogP contribution in [0.15, 0.2) is 22.8 Å². The predicted octanol–water partition coefficient (Wildman–Crippen LogP) is 0.349. The molecule has 0 aliphatic heterocycles. The number of sulfonamides is 1. The maximum absolute atomic E-state index is 10.8. The third kappa shape index (κ3) is 5.89. The molecule has 1 rings (SSSR count). The van der Waals surface area contributed by atoms with Crippen molar-refractivity contribution >= 4 is 10.0 Å². The lowest BCUT2D eigenvalue weighted by Gasteiger charge is -2.12. The highest BCUT2D eigenvalue weighted by atomic mass is 32.2. The van der Waals surface area contributed by atoms with E-state index in [-0.39, 0.29) is 6.04 Å². The van der Waals surface area contributed by atoms with Crippen molar-refractivity contribution in [3.05, 3.63) is 24.2 Å². The molecular weight excluding hydrogens is 228 g/mol. The van der Waals surface area contributed by atoms with Crippen molar-refractivity contribution in [3.8, 4) is 0 Å². The van der Waals surface area contributed by atoms with Crippen LogP contribution in [0, 0.1) is 0 Å². The minimum atomic E-state index is -3.08. The molecule has 1 aromatic rings. The second-order valence-corrected chi connectivity index (χ2v) is 5.64. The molecule has 1 heterocycles. The molecule has 0 bridgehead atoms. The summed E-state index contributed by atoms with van der Waals surface area (Å²) in [6, 6.07) is 4.03. The topological polar surface area (TPSA) is 71.3 Å². The Labute approximate surface area is 96.3 Å². The van der Waals surface area contributed by atoms with E-state index < -0.39 is 10.0 Å². The van der Waals surface area contributed by atoms with E-state index in [0.29, 0.717) is 13.1 Å². The molecule has 0 fully saturated rings. The van der Waals surface area contributed by atoms with E-state index >= 15 is 0 Å². The van der Waals surface area contributed by atoms with E-state index in [1.165, 1.54) is 0 Å². The molecule has 0 aliphatic rings. The van der Waals surface area contributed by atoms with E-state index in [0.717, 1.165) is 18.4 Å². The molecule has 0 saturated carbocycles. The summed E-state index contributed by atoms with van der Waals surface area (Å²) in [5, 5.41) is 3.21. The molecule has 1 unspecified atom stereocenters. The molecule has 0 radical (unpaired) electrons. The lowest BCUT2D eigenvalue weighted by atomic mass is 10.2. The minimum Gasteiger partial charge on any atom is -0.469 e. The van der Waals surface area contributed by atoms with Gasteiger partial charge in [0.25, 0.3) is 0 Å². The summed E-state index contributed by atoms with van der Waals surface area (Å²) in [5.74, 6) is 0.927. The van der Waals surface area contributed by atoms with Crippen LogP contribution in [0.4, 0.5) is 0 Å². The van der Waals surface area contributed by atoms with Crippen LogP contribution in [-0.2, 0) is 16.4 Å². The molecular formula is C10H18N2O3S. The van der Waals surface area contributed by atoms with Crippen molar-refractivity contribution in [2.45, 2.75) is 19.4 Å². The van der Waals surface area contributed by atoms with Crippen LogP contribution in [0.25, 0.3) is 0 Å². The second kappa shape index (κ2) is 6.03. The third-order valence-corrected chi connectivity index (χ3v) is 2.80. The third-order valence-electron chi connectivity index (χ3n) is 2.07. The van der Waals surface area contributed by atoms with Gasteiger partial charge in [0, 0.05) is 25.6 Å². The van der Waals surface area contributed by atoms with Gasteiger partial charge in [-0.1, -0.05) is 0 Å². The molecule has 6 heteroatoms. The Kier molecular flexibility index (Phi) is 4.98. The second-order valence-electron chi connectivity index (χ2n) is 3.81. The fourth-order valence-electron chi connectivity index (χ4n) is 1.36.